The number of nitrogens with zero attached hydrogens (tertiary/aromatic N) is 2. The van der Waals surface area contributed by atoms with Crippen LogP contribution in [0.1, 0.15) is 33.5 Å². The maximum Gasteiger partial charge on any atom is 0.416 e. The molecule has 2 aromatic rings. The minimum absolute atomic E-state index is 0.0148. The zero-order chi connectivity index (χ0) is 22.1. The molecule has 0 N–H and O–H groups in total. The van der Waals surface area contributed by atoms with Crippen molar-refractivity contribution in [3.8, 4) is 0 Å². The quantitative estimate of drug-likeness (QED) is 0.629. The van der Waals surface area contributed by atoms with Crippen molar-refractivity contribution in [2.75, 3.05) is 25.2 Å². The maximum atomic E-state index is 13.1. The summed E-state index contributed by atoms with van der Waals surface area (Å²) in [6.07, 6.45) is -4.92. The lowest BCUT2D eigenvalue weighted by Gasteiger charge is -2.23. The highest BCUT2D eigenvalue weighted by atomic mass is 19.4. The SMILES string of the molecule is CN(C(=O)c1cc(C(F)(F)F)cc(C(F)(F)F)c1)c1cnccc1C1=CCOCC1. The third-order valence-corrected chi connectivity index (χ3v) is 4.61. The normalized spacial score (nSPS) is 15.0. The van der Waals surface area contributed by atoms with Gasteiger partial charge in [-0.05, 0) is 36.3 Å². The van der Waals surface area contributed by atoms with Crippen molar-refractivity contribution in [2.45, 2.75) is 18.8 Å². The van der Waals surface area contributed by atoms with Crippen molar-refractivity contribution < 1.29 is 35.9 Å². The van der Waals surface area contributed by atoms with Gasteiger partial charge in [-0.3, -0.25) is 9.78 Å². The molecule has 0 spiro atoms. The number of amides is 1. The maximum absolute atomic E-state index is 13.1. The fourth-order valence-electron chi connectivity index (χ4n) is 3.08. The van der Waals surface area contributed by atoms with Crippen molar-refractivity contribution in [3.05, 3.63) is 65.0 Å². The van der Waals surface area contributed by atoms with Crippen molar-refractivity contribution in [2.24, 2.45) is 0 Å². The first-order valence-corrected chi connectivity index (χ1v) is 8.77. The molecule has 30 heavy (non-hydrogen) atoms. The van der Waals surface area contributed by atoms with Gasteiger partial charge in [0, 0.05) is 24.4 Å². The van der Waals surface area contributed by atoms with E-state index in [4.69, 9.17) is 4.74 Å². The number of benzene rings is 1. The molecule has 1 amide bonds. The van der Waals surface area contributed by atoms with Crippen LogP contribution in [0.4, 0.5) is 32.0 Å². The van der Waals surface area contributed by atoms with Crippen LogP contribution in [0, 0.1) is 0 Å². The Hall–Kier alpha value is -2.88. The van der Waals surface area contributed by atoms with Crippen LogP contribution in [-0.2, 0) is 17.1 Å². The molecule has 0 saturated carbocycles. The molecule has 1 aromatic carbocycles. The molecule has 1 aliphatic heterocycles. The van der Waals surface area contributed by atoms with Crippen LogP contribution in [-0.4, -0.2) is 31.2 Å². The number of halogens is 6. The fraction of sp³-hybridized carbons (Fsp3) is 0.300. The summed E-state index contributed by atoms with van der Waals surface area (Å²) in [5, 5.41) is 0. The van der Waals surface area contributed by atoms with Crippen molar-refractivity contribution >= 4 is 17.2 Å². The van der Waals surface area contributed by atoms with E-state index in [2.05, 4.69) is 4.98 Å². The summed E-state index contributed by atoms with van der Waals surface area (Å²) in [6, 6.07) is 2.44. The molecule has 0 aliphatic carbocycles. The highest BCUT2D eigenvalue weighted by Gasteiger charge is 2.38. The number of ether oxygens (including phenoxy) is 1. The Balaban J connectivity index is 2.04. The number of carbonyl (C=O) groups excluding carboxylic acids is 1. The van der Waals surface area contributed by atoms with Crippen LogP contribution in [0.3, 0.4) is 0 Å². The second-order valence-corrected chi connectivity index (χ2v) is 6.61. The first-order chi connectivity index (χ1) is 14.0. The Morgan fingerprint density at radius 2 is 1.70 bits per heavy atom. The van der Waals surface area contributed by atoms with E-state index in [1.807, 2.05) is 0 Å². The van der Waals surface area contributed by atoms with Crippen LogP contribution < -0.4 is 4.90 Å². The van der Waals surface area contributed by atoms with Gasteiger partial charge < -0.3 is 9.64 Å². The van der Waals surface area contributed by atoms with Gasteiger partial charge in [-0.2, -0.15) is 26.3 Å². The average Bonchev–Trinajstić information content (AvgIpc) is 2.71. The molecule has 0 unspecified atom stereocenters. The highest BCUT2D eigenvalue weighted by Crippen LogP contribution is 2.37. The number of hydrogen-bond donors (Lipinski definition) is 0. The molecule has 0 atom stereocenters. The predicted molar refractivity (Wildman–Crippen MR) is 96.8 cm³/mol. The van der Waals surface area contributed by atoms with Crippen LogP contribution in [0.5, 0.6) is 0 Å². The number of alkyl halides is 6. The number of hydrogen-bond acceptors (Lipinski definition) is 3. The minimum atomic E-state index is -5.04. The summed E-state index contributed by atoms with van der Waals surface area (Å²) in [6.45, 7) is 0.811. The molecule has 1 aliphatic rings. The average molecular weight is 430 g/mol. The lowest BCUT2D eigenvalue weighted by atomic mass is 10.00. The number of anilines is 1. The van der Waals surface area contributed by atoms with E-state index < -0.39 is 35.0 Å². The van der Waals surface area contributed by atoms with Crippen LogP contribution in [0.15, 0.2) is 42.7 Å². The first kappa shape index (κ1) is 21.8. The van der Waals surface area contributed by atoms with Crippen molar-refractivity contribution in [3.63, 3.8) is 0 Å². The predicted octanol–water partition coefficient (Wildman–Crippen LogP) is 5.20. The molecule has 2 heterocycles. The monoisotopic (exact) mass is 430 g/mol. The summed E-state index contributed by atoms with van der Waals surface area (Å²) >= 11 is 0. The third kappa shape index (κ3) is 4.64. The lowest BCUT2D eigenvalue weighted by Crippen LogP contribution is -2.28. The molecular formula is C20H16F6N2O2. The molecule has 10 heteroatoms. The fourth-order valence-corrected chi connectivity index (χ4v) is 3.08. The Morgan fingerprint density at radius 1 is 1.07 bits per heavy atom. The Kier molecular flexibility index (Phi) is 5.89. The Labute approximate surface area is 167 Å². The number of aromatic nitrogens is 1. The van der Waals surface area contributed by atoms with Crippen LogP contribution in [0.2, 0.25) is 0 Å². The Bertz CT molecular complexity index is 950. The van der Waals surface area contributed by atoms with Gasteiger partial charge in [-0.15, -0.1) is 0 Å². The number of rotatable bonds is 3. The van der Waals surface area contributed by atoms with Gasteiger partial charge in [0.25, 0.3) is 5.91 Å². The Morgan fingerprint density at radius 3 is 2.23 bits per heavy atom. The summed E-state index contributed by atoms with van der Waals surface area (Å²) in [5.74, 6) is -1.02. The van der Waals surface area contributed by atoms with Crippen LogP contribution in [0.25, 0.3) is 5.57 Å². The molecule has 1 aromatic heterocycles. The summed E-state index contributed by atoms with van der Waals surface area (Å²) in [7, 11) is 1.27. The van der Waals surface area contributed by atoms with E-state index in [0.717, 1.165) is 10.5 Å². The zero-order valence-corrected chi connectivity index (χ0v) is 15.6. The standard InChI is InChI=1S/C20H16F6N2O2/c1-28(17-11-27-5-2-16(17)12-3-6-30-7-4-12)18(29)13-8-14(19(21,22)23)10-15(9-13)20(24,25)26/h2-3,5,8-11H,4,6-7H2,1H3. The van der Waals surface area contributed by atoms with E-state index in [9.17, 15) is 31.1 Å². The van der Waals surface area contributed by atoms with E-state index in [-0.39, 0.29) is 11.8 Å². The number of carbonyl (C=O) groups is 1. The van der Waals surface area contributed by atoms with Crippen molar-refractivity contribution in [1.82, 2.24) is 4.98 Å². The molecule has 0 bridgehead atoms. The first-order valence-electron chi connectivity index (χ1n) is 8.77. The topological polar surface area (TPSA) is 42.4 Å². The molecular weight excluding hydrogens is 414 g/mol. The molecule has 0 fully saturated rings. The van der Waals surface area contributed by atoms with E-state index in [1.54, 1.807) is 12.1 Å². The van der Waals surface area contributed by atoms with E-state index in [0.29, 0.717) is 37.3 Å². The van der Waals surface area contributed by atoms with E-state index >= 15 is 0 Å². The van der Waals surface area contributed by atoms with Crippen molar-refractivity contribution in [1.29, 1.82) is 0 Å². The summed E-state index contributed by atoms with van der Waals surface area (Å²) in [5.41, 5.74) is -2.11. The summed E-state index contributed by atoms with van der Waals surface area (Å²) < 4.78 is 83.9. The third-order valence-electron chi connectivity index (χ3n) is 4.61. The highest BCUT2D eigenvalue weighted by molar-refractivity contribution is 6.07. The van der Waals surface area contributed by atoms with Gasteiger partial charge >= 0.3 is 12.4 Å². The molecule has 0 saturated heterocycles. The van der Waals surface area contributed by atoms with Gasteiger partial charge in [0.2, 0.25) is 0 Å². The summed E-state index contributed by atoms with van der Waals surface area (Å²) in [4.78, 5) is 17.8. The second-order valence-electron chi connectivity index (χ2n) is 6.61. The smallest absolute Gasteiger partial charge is 0.377 e. The number of pyridine rings is 1. The molecule has 4 nitrogen and oxygen atoms in total. The van der Waals surface area contributed by atoms with Gasteiger partial charge in [0.1, 0.15) is 0 Å². The van der Waals surface area contributed by atoms with E-state index in [1.165, 1.54) is 19.4 Å². The molecule has 3 rings (SSSR count). The minimum Gasteiger partial charge on any atom is -0.377 e. The second kappa shape index (κ2) is 8.10. The zero-order valence-electron chi connectivity index (χ0n) is 15.6. The van der Waals surface area contributed by atoms with Gasteiger partial charge in [-0.1, -0.05) is 6.08 Å². The molecule has 0 radical (unpaired) electrons. The van der Waals surface area contributed by atoms with Gasteiger partial charge in [0.05, 0.1) is 36.2 Å². The van der Waals surface area contributed by atoms with Gasteiger partial charge in [0.15, 0.2) is 0 Å². The molecule has 160 valence electrons. The van der Waals surface area contributed by atoms with Gasteiger partial charge in [-0.25, -0.2) is 0 Å². The largest absolute Gasteiger partial charge is 0.416 e. The van der Waals surface area contributed by atoms with Crippen LogP contribution >= 0.6 is 0 Å². The lowest BCUT2D eigenvalue weighted by molar-refractivity contribution is -0.143.